The van der Waals surface area contributed by atoms with Crippen molar-refractivity contribution in [3.8, 4) is 6.07 Å². The Balaban J connectivity index is 2.77. The maximum atomic E-state index is 9.07. The summed E-state index contributed by atoms with van der Waals surface area (Å²) in [7, 11) is 3.88. The molecule has 3 heteroatoms. The molecule has 0 saturated carbocycles. The summed E-state index contributed by atoms with van der Waals surface area (Å²) in [6, 6.07) is 4.42. The standard InChI is InChI=1S/C10H14N2S/c1-10(8-11,12(2)3)6-9-4-5-13-7-9/h4-5,7H,6H2,1-3H3. The van der Waals surface area contributed by atoms with Crippen LogP contribution in [0.3, 0.4) is 0 Å². The topological polar surface area (TPSA) is 27.0 Å². The van der Waals surface area contributed by atoms with Crippen molar-refractivity contribution in [2.24, 2.45) is 0 Å². The van der Waals surface area contributed by atoms with Crippen molar-refractivity contribution < 1.29 is 0 Å². The van der Waals surface area contributed by atoms with Gasteiger partial charge in [-0.05, 0) is 43.4 Å². The molecule has 1 atom stereocenters. The molecule has 1 unspecified atom stereocenters. The SMILES string of the molecule is CN(C)C(C)(C#N)Cc1ccsc1. The molecule has 0 N–H and O–H groups in total. The Morgan fingerprint density at radius 1 is 1.62 bits per heavy atom. The molecule has 0 bridgehead atoms. The van der Waals surface area contributed by atoms with Gasteiger partial charge in [0.15, 0.2) is 0 Å². The molecule has 0 amide bonds. The van der Waals surface area contributed by atoms with Crippen LogP contribution in [0.2, 0.25) is 0 Å². The second kappa shape index (κ2) is 3.91. The monoisotopic (exact) mass is 194 g/mol. The highest BCUT2D eigenvalue weighted by Crippen LogP contribution is 2.19. The van der Waals surface area contributed by atoms with E-state index in [1.807, 2.05) is 31.3 Å². The van der Waals surface area contributed by atoms with Crippen molar-refractivity contribution in [3.05, 3.63) is 22.4 Å². The summed E-state index contributed by atoms with van der Waals surface area (Å²) in [5, 5.41) is 13.2. The summed E-state index contributed by atoms with van der Waals surface area (Å²) in [4.78, 5) is 1.96. The smallest absolute Gasteiger partial charge is 0.110 e. The minimum atomic E-state index is -0.388. The fourth-order valence-corrected chi connectivity index (χ4v) is 1.76. The molecule has 0 aliphatic heterocycles. The molecule has 1 rings (SSSR count). The van der Waals surface area contributed by atoms with Gasteiger partial charge in [0, 0.05) is 6.42 Å². The van der Waals surface area contributed by atoms with Crippen molar-refractivity contribution in [3.63, 3.8) is 0 Å². The van der Waals surface area contributed by atoms with Gasteiger partial charge in [0.05, 0.1) is 6.07 Å². The lowest BCUT2D eigenvalue weighted by Crippen LogP contribution is -2.41. The van der Waals surface area contributed by atoms with Crippen molar-refractivity contribution in [2.75, 3.05) is 14.1 Å². The summed E-state index contributed by atoms with van der Waals surface area (Å²) >= 11 is 1.67. The lowest BCUT2D eigenvalue weighted by Gasteiger charge is -2.28. The maximum Gasteiger partial charge on any atom is 0.110 e. The zero-order valence-corrected chi connectivity index (χ0v) is 9.06. The Morgan fingerprint density at radius 2 is 2.31 bits per heavy atom. The van der Waals surface area contributed by atoms with E-state index in [2.05, 4.69) is 17.5 Å². The van der Waals surface area contributed by atoms with Crippen LogP contribution in [0.5, 0.6) is 0 Å². The summed E-state index contributed by atoms with van der Waals surface area (Å²) in [6.07, 6.45) is 0.792. The number of likely N-dealkylation sites (N-methyl/N-ethyl adjacent to an activating group) is 1. The van der Waals surface area contributed by atoms with Gasteiger partial charge in [0.2, 0.25) is 0 Å². The highest BCUT2D eigenvalue weighted by molar-refractivity contribution is 7.07. The average Bonchev–Trinajstić information content (AvgIpc) is 2.56. The number of thiophene rings is 1. The normalized spacial score (nSPS) is 15.3. The van der Waals surface area contributed by atoms with Crippen LogP contribution in [0.15, 0.2) is 16.8 Å². The lowest BCUT2D eigenvalue weighted by atomic mass is 9.95. The van der Waals surface area contributed by atoms with E-state index in [1.165, 1.54) is 5.56 Å². The molecule has 2 nitrogen and oxygen atoms in total. The first-order valence-corrected chi connectivity index (χ1v) is 5.12. The van der Waals surface area contributed by atoms with Crippen molar-refractivity contribution in [1.82, 2.24) is 4.90 Å². The fourth-order valence-electron chi connectivity index (χ4n) is 1.09. The minimum Gasteiger partial charge on any atom is -0.292 e. The van der Waals surface area contributed by atoms with Crippen LogP contribution in [-0.4, -0.2) is 24.5 Å². The van der Waals surface area contributed by atoms with Gasteiger partial charge in [-0.25, -0.2) is 0 Å². The van der Waals surface area contributed by atoms with Crippen LogP contribution in [0, 0.1) is 11.3 Å². The molecule has 0 aliphatic carbocycles. The zero-order valence-electron chi connectivity index (χ0n) is 8.24. The Labute approximate surface area is 83.4 Å². The predicted molar refractivity (Wildman–Crippen MR) is 55.7 cm³/mol. The van der Waals surface area contributed by atoms with E-state index in [0.29, 0.717) is 0 Å². The first-order chi connectivity index (χ1) is 6.08. The number of rotatable bonds is 3. The third-order valence-electron chi connectivity index (χ3n) is 2.36. The van der Waals surface area contributed by atoms with Crippen molar-refractivity contribution >= 4 is 11.3 Å². The van der Waals surface area contributed by atoms with E-state index >= 15 is 0 Å². The Morgan fingerprint density at radius 3 is 2.69 bits per heavy atom. The van der Waals surface area contributed by atoms with Crippen LogP contribution < -0.4 is 0 Å². The van der Waals surface area contributed by atoms with E-state index in [9.17, 15) is 0 Å². The number of nitriles is 1. The van der Waals surface area contributed by atoms with Gasteiger partial charge in [0.25, 0.3) is 0 Å². The molecular formula is C10H14N2S. The van der Waals surface area contributed by atoms with Crippen molar-refractivity contribution in [2.45, 2.75) is 18.9 Å². The molecule has 70 valence electrons. The molecule has 0 fully saturated rings. The second-order valence-corrected chi connectivity index (χ2v) is 4.37. The molecule has 1 heterocycles. The number of hydrogen-bond donors (Lipinski definition) is 0. The minimum absolute atomic E-state index is 0.388. The Hall–Kier alpha value is -0.850. The molecular weight excluding hydrogens is 180 g/mol. The fraction of sp³-hybridized carbons (Fsp3) is 0.500. The quantitative estimate of drug-likeness (QED) is 0.737. The van der Waals surface area contributed by atoms with E-state index < -0.39 is 0 Å². The van der Waals surface area contributed by atoms with Crippen LogP contribution in [0.1, 0.15) is 12.5 Å². The molecule has 13 heavy (non-hydrogen) atoms. The first kappa shape index (κ1) is 10.2. The molecule has 1 aromatic heterocycles. The van der Waals surface area contributed by atoms with Crippen LogP contribution in [0.4, 0.5) is 0 Å². The van der Waals surface area contributed by atoms with Gasteiger partial charge in [-0.3, -0.25) is 4.90 Å². The Kier molecular flexibility index (Phi) is 3.07. The third-order valence-corrected chi connectivity index (χ3v) is 3.09. The van der Waals surface area contributed by atoms with Crippen LogP contribution >= 0.6 is 11.3 Å². The predicted octanol–water partition coefficient (Wildman–Crippen LogP) is 2.13. The van der Waals surface area contributed by atoms with Crippen LogP contribution in [-0.2, 0) is 6.42 Å². The summed E-state index contributed by atoms with van der Waals surface area (Å²) in [5.74, 6) is 0. The third kappa shape index (κ3) is 2.30. The highest BCUT2D eigenvalue weighted by Gasteiger charge is 2.26. The molecule has 0 aromatic carbocycles. The molecule has 1 aromatic rings. The molecule has 0 saturated heterocycles. The average molecular weight is 194 g/mol. The highest BCUT2D eigenvalue weighted by atomic mass is 32.1. The summed E-state index contributed by atoms with van der Waals surface area (Å²) < 4.78 is 0. The number of nitrogens with zero attached hydrogens (tertiary/aromatic N) is 2. The van der Waals surface area contributed by atoms with Gasteiger partial charge < -0.3 is 0 Å². The second-order valence-electron chi connectivity index (χ2n) is 3.59. The van der Waals surface area contributed by atoms with Crippen LogP contribution in [0.25, 0.3) is 0 Å². The summed E-state index contributed by atoms with van der Waals surface area (Å²) in [5.41, 5.74) is 0.851. The van der Waals surface area contributed by atoms with E-state index in [4.69, 9.17) is 5.26 Å². The maximum absolute atomic E-state index is 9.07. The van der Waals surface area contributed by atoms with Gasteiger partial charge >= 0.3 is 0 Å². The largest absolute Gasteiger partial charge is 0.292 e. The first-order valence-electron chi connectivity index (χ1n) is 4.18. The van der Waals surface area contributed by atoms with E-state index in [-0.39, 0.29) is 5.54 Å². The van der Waals surface area contributed by atoms with Gasteiger partial charge in [-0.15, -0.1) is 0 Å². The molecule has 0 radical (unpaired) electrons. The lowest BCUT2D eigenvalue weighted by molar-refractivity contribution is 0.237. The van der Waals surface area contributed by atoms with Gasteiger partial charge in [-0.2, -0.15) is 16.6 Å². The van der Waals surface area contributed by atoms with Gasteiger partial charge in [0.1, 0.15) is 5.54 Å². The van der Waals surface area contributed by atoms with E-state index in [0.717, 1.165) is 6.42 Å². The Bertz CT molecular complexity index is 297. The van der Waals surface area contributed by atoms with Crippen molar-refractivity contribution in [1.29, 1.82) is 5.26 Å². The molecule has 0 spiro atoms. The number of hydrogen-bond acceptors (Lipinski definition) is 3. The van der Waals surface area contributed by atoms with E-state index in [1.54, 1.807) is 11.3 Å². The summed E-state index contributed by atoms with van der Waals surface area (Å²) in [6.45, 7) is 1.96. The molecule has 0 aliphatic rings. The zero-order chi connectivity index (χ0) is 9.90. The van der Waals surface area contributed by atoms with Gasteiger partial charge in [-0.1, -0.05) is 0 Å².